The number of phenols is 1. The third-order valence-electron chi connectivity index (χ3n) is 3.83. The first-order chi connectivity index (χ1) is 13.9. The summed E-state index contributed by atoms with van der Waals surface area (Å²) in [5.41, 5.74) is 1.39. The first kappa shape index (κ1) is 23.9. The smallest absolute Gasteiger partial charge is 0.278 e. The fourth-order valence-electron chi connectivity index (χ4n) is 2.31. The molecule has 1 rings (SSSR count). The number of aliphatic hydroxyl groups excluding tert-OH is 1. The Morgan fingerprint density at radius 2 is 1.41 bits per heavy atom. The highest BCUT2D eigenvalue weighted by atomic mass is 16.5. The summed E-state index contributed by atoms with van der Waals surface area (Å²) in [6.07, 6.45) is 1.32. The lowest BCUT2D eigenvalue weighted by Gasteiger charge is -2.08. The van der Waals surface area contributed by atoms with Crippen LogP contribution in [0.1, 0.15) is 46.4 Å². The van der Waals surface area contributed by atoms with Crippen molar-refractivity contribution < 1.29 is 34.6 Å². The van der Waals surface area contributed by atoms with Crippen LogP contribution in [0, 0.1) is 0 Å². The Labute approximate surface area is 167 Å². The van der Waals surface area contributed by atoms with Gasteiger partial charge in [0.2, 0.25) is 11.8 Å². The average Bonchev–Trinajstić information content (AvgIpc) is 2.72. The third-order valence-corrected chi connectivity index (χ3v) is 3.83. The van der Waals surface area contributed by atoms with Crippen molar-refractivity contribution >= 4 is 23.6 Å². The van der Waals surface area contributed by atoms with Crippen LogP contribution in [0.15, 0.2) is 18.2 Å². The molecule has 0 aliphatic heterocycles. The van der Waals surface area contributed by atoms with E-state index in [0.717, 1.165) is 6.07 Å². The quantitative estimate of drug-likeness (QED) is 0.132. The second-order valence-corrected chi connectivity index (χ2v) is 6.06. The Kier molecular flexibility index (Phi) is 10.8. The predicted octanol–water partition coefficient (Wildman–Crippen LogP) is -0.974. The minimum atomic E-state index is -0.887. The Morgan fingerprint density at radius 3 is 1.97 bits per heavy atom. The molecule has 0 heterocycles. The van der Waals surface area contributed by atoms with Gasteiger partial charge in [0.25, 0.3) is 11.8 Å². The van der Waals surface area contributed by atoms with Gasteiger partial charge in [-0.25, -0.2) is 5.48 Å². The van der Waals surface area contributed by atoms with Gasteiger partial charge in [0.15, 0.2) is 0 Å². The second-order valence-electron chi connectivity index (χ2n) is 6.06. The van der Waals surface area contributed by atoms with Gasteiger partial charge < -0.3 is 26.2 Å². The molecule has 0 saturated carbocycles. The molecule has 0 radical (unpaired) electrons. The number of rotatable bonds is 12. The van der Waals surface area contributed by atoms with Crippen LogP contribution < -0.4 is 21.4 Å². The van der Waals surface area contributed by atoms with Gasteiger partial charge in [-0.1, -0.05) is 0 Å². The lowest BCUT2D eigenvalue weighted by Crippen LogP contribution is -2.30. The van der Waals surface area contributed by atoms with Gasteiger partial charge in [-0.3, -0.25) is 24.4 Å². The summed E-state index contributed by atoms with van der Waals surface area (Å²) in [7, 11) is 0. The van der Waals surface area contributed by atoms with Crippen molar-refractivity contribution in [2.75, 3.05) is 26.2 Å². The fraction of sp³-hybridized carbons (Fsp3) is 0.444. The molecule has 11 nitrogen and oxygen atoms in total. The zero-order valence-electron chi connectivity index (χ0n) is 15.9. The minimum absolute atomic E-state index is 0.0491. The first-order valence-electron chi connectivity index (χ1n) is 9.09. The van der Waals surface area contributed by atoms with Gasteiger partial charge in [-0.15, -0.1) is 0 Å². The van der Waals surface area contributed by atoms with E-state index < -0.39 is 17.6 Å². The summed E-state index contributed by atoms with van der Waals surface area (Å²) in [5, 5.41) is 34.6. The van der Waals surface area contributed by atoms with Crippen LogP contribution in [0.3, 0.4) is 0 Å². The predicted molar refractivity (Wildman–Crippen MR) is 101 cm³/mol. The monoisotopic (exact) mass is 410 g/mol. The number of amides is 4. The van der Waals surface area contributed by atoms with Crippen molar-refractivity contribution in [1.29, 1.82) is 0 Å². The van der Waals surface area contributed by atoms with Crippen LogP contribution in [0.2, 0.25) is 0 Å². The van der Waals surface area contributed by atoms with Crippen LogP contribution in [0.4, 0.5) is 0 Å². The maximum absolute atomic E-state index is 12.0. The van der Waals surface area contributed by atoms with Crippen molar-refractivity contribution in [2.24, 2.45) is 0 Å². The second kappa shape index (κ2) is 13.1. The Hall–Kier alpha value is -3.18. The molecule has 1 aromatic rings. The molecule has 0 saturated heterocycles. The topological polar surface area (TPSA) is 177 Å². The maximum atomic E-state index is 12.0. The van der Waals surface area contributed by atoms with E-state index in [0.29, 0.717) is 25.9 Å². The normalized spacial score (nSPS) is 10.1. The van der Waals surface area contributed by atoms with Gasteiger partial charge in [0.05, 0.1) is 12.2 Å². The zero-order chi connectivity index (χ0) is 21.6. The lowest BCUT2D eigenvalue weighted by atomic mass is 10.1. The SMILES string of the molecule is O=C(CCC(=O)NCCCCNC(=O)c1ccc(C(=O)NO)c(O)c1)NCCO. The summed E-state index contributed by atoms with van der Waals surface area (Å²) in [5.74, 6) is -2.31. The van der Waals surface area contributed by atoms with E-state index in [-0.39, 0.29) is 48.9 Å². The number of hydroxylamine groups is 1. The Balaban J connectivity index is 2.21. The summed E-state index contributed by atoms with van der Waals surface area (Å²) >= 11 is 0. The van der Waals surface area contributed by atoms with Crippen molar-refractivity contribution in [2.45, 2.75) is 25.7 Å². The lowest BCUT2D eigenvalue weighted by molar-refractivity contribution is -0.126. The molecule has 0 unspecified atom stereocenters. The highest BCUT2D eigenvalue weighted by Gasteiger charge is 2.13. The zero-order valence-corrected chi connectivity index (χ0v) is 15.9. The number of carbonyl (C=O) groups is 4. The number of nitrogens with one attached hydrogen (secondary N) is 4. The van der Waals surface area contributed by atoms with Gasteiger partial charge >= 0.3 is 0 Å². The number of hydrogen-bond acceptors (Lipinski definition) is 7. The van der Waals surface area contributed by atoms with E-state index in [1.807, 2.05) is 0 Å². The molecule has 1 aromatic carbocycles. The maximum Gasteiger partial charge on any atom is 0.278 e. The molecule has 0 spiro atoms. The third kappa shape index (κ3) is 9.04. The van der Waals surface area contributed by atoms with Gasteiger partial charge in [0.1, 0.15) is 5.75 Å². The van der Waals surface area contributed by atoms with E-state index in [1.54, 1.807) is 0 Å². The molecule has 4 amide bonds. The van der Waals surface area contributed by atoms with E-state index in [2.05, 4.69) is 16.0 Å². The number of benzene rings is 1. The summed E-state index contributed by atoms with van der Waals surface area (Å²) < 4.78 is 0. The van der Waals surface area contributed by atoms with E-state index in [4.69, 9.17) is 10.3 Å². The number of hydrogen-bond donors (Lipinski definition) is 7. The van der Waals surface area contributed by atoms with E-state index >= 15 is 0 Å². The van der Waals surface area contributed by atoms with Gasteiger partial charge in [-0.05, 0) is 31.0 Å². The van der Waals surface area contributed by atoms with Crippen molar-refractivity contribution in [3.63, 3.8) is 0 Å². The molecule has 160 valence electrons. The van der Waals surface area contributed by atoms with Crippen LogP contribution in [0.5, 0.6) is 5.75 Å². The molecule has 29 heavy (non-hydrogen) atoms. The number of phenolic OH excluding ortho intramolecular Hbond substituents is 1. The molecule has 0 atom stereocenters. The molecule has 7 N–H and O–H groups in total. The van der Waals surface area contributed by atoms with E-state index in [9.17, 15) is 24.3 Å². The van der Waals surface area contributed by atoms with Gasteiger partial charge in [-0.2, -0.15) is 0 Å². The molecule has 0 bridgehead atoms. The minimum Gasteiger partial charge on any atom is -0.507 e. The van der Waals surface area contributed by atoms with Crippen LogP contribution in [-0.4, -0.2) is 65.3 Å². The van der Waals surface area contributed by atoms with E-state index in [1.165, 1.54) is 17.6 Å². The molecule has 0 aliphatic rings. The Morgan fingerprint density at radius 1 is 0.828 bits per heavy atom. The summed E-state index contributed by atoms with van der Waals surface area (Å²) in [4.78, 5) is 46.2. The van der Waals surface area contributed by atoms with Crippen molar-refractivity contribution in [3.05, 3.63) is 29.3 Å². The summed E-state index contributed by atoms with van der Waals surface area (Å²) in [6, 6.07) is 3.68. The number of carbonyl (C=O) groups excluding carboxylic acids is 4. The molecule has 0 fully saturated rings. The van der Waals surface area contributed by atoms with Gasteiger partial charge in [0, 0.05) is 38.0 Å². The van der Waals surface area contributed by atoms with Crippen molar-refractivity contribution in [1.82, 2.24) is 21.4 Å². The number of unbranched alkanes of at least 4 members (excludes halogenated alkanes) is 1. The fourth-order valence-corrected chi connectivity index (χ4v) is 2.31. The highest BCUT2D eigenvalue weighted by molar-refractivity contribution is 5.99. The van der Waals surface area contributed by atoms with Crippen LogP contribution >= 0.6 is 0 Å². The molecule has 11 heteroatoms. The molecular formula is C18H26N4O7. The molecule has 0 aromatic heterocycles. The summed E-state index contributed by atoms with van der Waals surface area (Å²) in [6.45, 7) is 0.756. The molecule has 0 aliphatic carbocycles. The molecular weight excluding hydrogens is 384 g/mol. The Bertz CT molecular complexity index is 724. The van der Waals surface area contributed by atoms with Crippen LogP contribution in [0.25, 0.3) is 0 Å². The largest absolute Gasteiger partial charge is 0.507 e. The first-order valence-corrected chi connectivity index (χ1v) is 9.09. The number of aliphatic hydroxyl groups is 1. The highest BCUT2D eigenvalue weighted by Crippen LogP contribution is 2.18. The standard InChI is InChI=1S/C18H26N4O7/c23-10-9-20-16(26)6-5-15(25)19-7-1-2-8-21-17(27)12-3-4-13(14(24)11-12)18(28)22-29/h3-4,11,23-24,29H,1-2,5-10H2,(H,19,25)(H,20,26)(H,21,27)(H,22,28). The van der Waals surface area contributed by atoms with Crippen molar-refractivity contribution in [3.8, 4) is 5.75 Å². The average molecular weight is 410 g/mol. The van der Waals surface area contributed by atoms with Crippen LogP contribution in [-0.2, 0) is 9.59 Å². The number of aromatic hydroxyl groups is 1.